The van der Waals surface area contributed by atoms with Crippen LogP contribution in [0.5, 0.6) is 0 Å². The number of benzene rings is 2. The third-order valence-electron chi connectivity index (χ3n) is 4.99. The second-order valence-corrected chi connectivity index (χ2v) is 6.82. The SMILES string of the molecule is Cc1cc(C)c2c(c1)C(=O)C(=O)c1c(-c3ccc(C)c(C)c3)coc1-2. The van der Waals surface area contributed by atoms with Crippen molar-refractivity contribution in [1.29, 1.82) is 0 Å². The molecule has 0 bridgehead atoms. The Labute approximate surface area is 146 Å². The third-order valence-corrected chi connectivity index (χ3v) is 4.99. The van der Waals surface area contributed by atoms with Crippen molar-refractivity contribution in [2.24, 2.45) is 0 Å². The fraction of sp³-hybridized carbons (Fsp3) is 0.182. The summed E-state index contributed by atoms with van der Waals surface area (Å²) in [6.45, 7) is 7.93. The van der Waals surface area contributed by atoms with Crippen LogP contribution in [0.4, 0.5) is 0 Å². The van der Waals surface area contributed by atoms with Crippen LogP contribution in [0.25, 0.3) is 22.5 Å². The van der Waals surface area contributed by atoms with Gasteiger partial charge in [-0.1, -0.05) is 29.8 Å². The van der Waals surface area contributed by atoms with Crippen molar-refractivity contribution in [3.8, 4) is 22.5 Å². The lowest BCUT2D eigenvalue weighted by Crippen LogP contribution is -2.21. The maximum absolute atomic E-state index is 12.8. The van der Waals surface area contributed by atoms with Gasteiger partial charge in [0.25, 0.3) is 0 Å². The number of ketones is 2. The van der Waals surface area contributed by atoms with Gasteiger partial charge in [0.05, 0.1) is 11.8 Å². The molecule has 0 saturated heterocycles. The van der Waals surface area contributed by atoms with Gasteiger partial charge in [0.15, 0.2) is 0 Å². The topological polar surface area (TPSA) is 47.3 Å². The standard InChI is InChI=1S/C22H18O3/c1-11-7-14(4)18-16(8-11)20(23)21(24)19-17(10-25-22(18)19)15-6-5-12(2)13(3)9-15/h5-10H,1-4H3. The Morgan fingerprint density at radius 1 is 0.720 bits per heavy atom. The molecule has 3 nitrogen and oxygen atoms in total. The first-order chi connectivity index (χ1) is 11.9. The summed E-state index contributed by atoms with van der Waals surface area (Å²) >= 11 is 0. The average Bonchev–Trinajstić information content (AvgIpc) is 2.99. The Balaban J connectivity index is 2.01. The average molecular weight is 330 g/mol. The summed E-state index contributed by atoms with van der Waals surface area (Å²) in [6.07, 6.45) is 1.59. The second-order valence-electron chi connectivity index (χ2n) is 6.82. The molecule has 3 aromatic rings. The molecule has 3 heteroatoms. The third kappa shape index (κ3) is 2.19. The minimum Gasteiger partial charge on any atom is -0.463 e. The number of hydrogen-bond acceptors (Lipinski definition) is 3. The van der Waals surface area contributed by atoms with Gasteiger partial charge in [0.1, 0.15) is 5.76 Å². The second kappa shape index (κ2) is 5.28. The Bertz CT molecular complexity index is 1070. The van der Waals surface area contributed by atoms with Crippen LogP contribution < -0.4 is 0 Å². The van der Waals surface area contributed by atoms with Crippen molar-refractivity contribution in [3.63, 3.8) is 0 Å². The molecule has 4 rings (SSSR count). The summed E-state index contributed by atoms with van der Waals surface area (Å²) in [4.78, 5) is 25.5. The lowest BCUT2D eigenvalue weighted by molar-refractivity contribution is 0.0815. The normalized spacial score (nSPS) is 13.0. The lowest BCUT2D eigenvalue weighted by Gasteiger charge is -2.17. The molecule has 0 aliphatic heterocycles. The van der Waals surface area contributed by atoms with Crippen LogP contribution in [-0.4, -0.2) is 11.6 Å². The highest BCUT2D eigenvalue weighted by molar-refractivity contribution is 6.53. The predicted octanol–water partition coefficient (Wildman–Crippen LogP) is 5.23. The van der Waals surface area contributed by atoms with Crippen molar-refractivity contribution < 1.29 is 14.0 Å². The van der Waals surface area contributed by atoms with Gasteiger partial charge in [-0.05, 0) is 56.0 Å². The van der Waals surface area contributed by atoms with Crippen molar-refractivity contribution in [2.75, 3.05) is 0 Å². The molecule has 0 N–H and O–H groups in total. The number of hydrogen-bond donors (Lipinski definition) is 0. The number of Topliss-reactive ketones (excluding diaryl/α,β-unsaturated/α-hetero) is 2. The van der Waals surface area contributed by atoms with Crippen LogP contribution in [0.2, 0.25) is 0 Å². The summed E-state index contributed by atoms with van der Waals surface area (Å²) in [5.41, 5.74) is 7.35. The molecule has 0 atom stereocenters. The van der Waals surface area contributed by atoms with Gasteiger partial charge in [-0.3, -0.25) is 9.59 Å². The molecule has 0 amide bonds. The van der Waals surface area contributed by atoms with Gasteiger partial charge in [0, 0.05) is 16.7 Å². The molecule has 0 radical (unpaired) electrons. The van der Waals surface area contributed by atoms with Crippen LogP contribution in [0.3, 0.4) is 0 Å². The summed E-state index contributed by atoms with van der Waals surface area (Å²) in [5, 5.41) is 0. The van der Waals surface area contributed by atoms with E-state index in [-0.39, 0.29) is 0 Å². The van der Waals surface area contributed by atoms with Crippen LogP contribution in [0.1, 0.15) is 43.0 Å². The van der Waals surface area contributed by atoms with Gasteiger partial charge in [-0.2, -0.15) is 0 Å². The quantitative estimate of drug-likeness (QED) is 0.574. The predicted molar refractivity (Wildman–Crippen MR) is 97.2 cm³/mol. The van der Waals surface area contributed by atoms with Gasteiger partial charge >= 0.3 is 0 Å². The van der Waals surface area contributed by atoms with Gasteiger partial charge < -0.3 is 4.42 Å². The first-order valence-electron chi connectivity index (χ1n) is 8.28. The molecular formula is C22H18O3. The number of aryl methyl sites for hydroxylation is 4. The molecule has 25 heavy (non-hydrogen) atoms. The highest BCUT2D eigenvalue weighted by Crippen LogP contribution is 2.42. The summed E-state index contributed by atoms with van der Waals surface area (Å²) in [5.74, 6) is -0.444. The molecule has 0 fully saturated rings. The minimum atomic E-state index is -0.491. The smallest absolute Gasteiger partial charge is 0.238 e. The van der Waals surface area contributed by atoms with E-state index in [1.165, 1.54) is 5.56 Å². The lowest BCUT2D eigenvalue weighted by atomic mass is 9.83. The van der Waals surface area contributed by atoms with Crippen molar-refractivity contribution in [1.82, 2.24) is 0 Å². The van der Waals surface area contributed by atoms with Crippen LogP contribution in [0, 0.1) is 27.7 Å². The van der Waals surface area contributed by atoms with Crippen LogP contribution in [0.15, 0.2) is 41.0 Å². The minimum absolute atomic E-state index is 0.382. The Morgan fingerprint density at radius 3 is 2.20 bits per heavy atom. The number of rotatable bonds is 1. The Hall–Kier alpha value is -2.94. The molecule has 1 aromatic heterocycles. The van der Waals surface area contributed by atoms with E-state index in [2.05, 4.69) is 0 Å². The highest BCUT2D eigenvalue weighted by atomic mass is 16.3. The zero-order valence-corrected chi connectivity index (χ0v) is 14.7. The first kappa shape index (κ1) is 15.6. The van der Waals surface area contributed by atoms with E-state index in [9.17, 15) is 9.59 Å². The van der Waals surface area contributed by atoms with E-state index < -0.39 is 11.6 Å². The monoisotopic (exact) mass is 330 g/mol. The molecule has 1 heterocycles. The number of furan rings is 1. The molecule has 0 saturated carbocycles. The van der Waals surface area contributed by atoms with Crippen molar-refractivity contribution in [2.45, 2.75) is 27.7 Å². The number of carbonyl (C=O) groups is 2. The van der Waals surface area contributed by atoms with Gasteiger partial charge in [0.2, 0.25) is 11.6 Å². The summed E-state index contributed by atoms with van der Waals surface area (Å²) in [7, 11) is 0. The molecule has 0 spiro atoms. The van der Waals surface area contributed by atoms with Gasteiger partial charge in [-0.25, -0.2) is 0 Å². The number of carbonyl (C=O) groups excluding carboxylic acids is 2. The molecular weight excluding hydrogens is 312 g/mol. The van der Waals surface area contributed by atoms with E-state index in [0.29, 0.717) is 22.5 Å². The van der Waals surface area contributed by atoms with Crippen molar-refractivity contribution >= 4 is 11.6 Å². The Kier molecular flexibility index (Phi) is 3.29. The molecule has 124 valence electrons. The number of fused-ring (bicyclic) bond motifs is 3. The zero-order valence-electron chi connectivity index (χ0n) is 14.7. The van der Waals surface area contributed by atoms with Crippen LogP contribution >= 0.6 is 0 Å². The maximum atomic E-state index is 12.8. The van der Waals surface area contributed by atoms with Crippen LogP contribution in [-0.2, 0) is 0 Å². The Morgan fingerprint density at radius 2 is 1.48 bits per heavy atom. The van der Waals surface area contributed by atoms with E-state index >= 15 is 0 Å². The van der Waals surface area contributed by atoms with E-state index in [0.717, 1.165) is 27.8 Å². The van der Waals surface area contributed by atoms with E-state index in [1.807, 2.05) is 52.0 Å². The van der Waals surface area contributed by atoms with E-state index in [1.54, 1.807) is 12.3 Å². The summed E-state index contributed by atoms with van der Waals surface area (Å²) < 4.78 is 5.80. The molecule has 1 aliphatic rings. The first-order valence-corrected chi connectivity index (χ1v) is 8.28. The van der Waals surface area contributed by atoms with Gasteiger partial charge in [-0.15, -0.1) is 0 Å². The molecule has 0 unspecified atom stereocenters. The molecule has 1 aliphatic carbocycles. The maximum Gasteiger partial charge on any atom is 0.238 e. The van der Waals surface area contributed by atoms with Crippen molar-refractivity contribution in [3.05, 3.63) is 70.0 Å². The summed E-state index contributed by atoms with van der Waals surface area (Å²) in [6, 6.07) is 9.77. The largest absolute Gasteiger partial charge is 0.463 e. The van der Waals surface area contributed by atoms with E-state index in [4.69, 9.17) is 4.42 Å². The fourth-order valence-corrected chi connectivity index (χ4v) is 3.57. The molecule has 2 aromatic carbocycles. The fourth-order valence-electron chi connectivity index (χ4n) is 3.57. The zero-order chi connectivity index (χ0) is 17.9. The highest BCUT2D eigenvalue weighted by Gasteiger charge is 2.36.